The highest BCUT2D eigenvalue weighted by molar-refractivity contribution is 5.91. The van der Waals surface area contributed by atoms with Crippen LogP contribution in [0.3, 0.4) is 0 Å². The third-order valence-corrected chi connectivity index (χ3v) is 6.76. The van der Waals surface area contributed by atoms with Gasteiger partial charge in [-0.05, 0) is 48.5 Å². The Hall–Kier alpha value is -5.32. The summed E-state index contributed by atoms with van der Waals surface area (Å²) in [7, 11) is 0. The first-order chi connectivity index (χ1) is 21.4. The fraction of sp³-hybridized carbons (Fsp3) is 0.176. The zero-order chi connectivity index (χ0) is 30.9. The highest BCUT2D eigenvalue weighted by atomic mass is 16.7. The molecular weight excluding hydrogens is 568 g/mol. The summed E-state index contributed by atoms with van der Waals surface area (Å²) in [5.41, 5.74) is 0.736. The van der Waals surface area contributed by atoms with Crippen LogP contribution >= 0.6 is 0 Å². The number of benzene rings is 4. The molecule has 44 heavy (non-hydrogen) atoms. The molecule has 4 aromatic carbocycles. The van der Waals surface area contributed by atoms with Crippen LogP contribution in [0.4, 0.5) is 0 Å². The second kappa shape index (κ2) is 14.2. The molecule has 5 rings (SSSR count). The Labute approximate surface area is 252 Å². The standard InChI is InChI=1S/C34H28O10/c35-30(22-13-5-1-6-14-22)40-21-26-27(42-31(36)23-15-7-2-8-16-23)28(43-32(37)24-17-9-3-10-18-24)29(34(39)41-26)44-33(38)25-19-11-4-12-20-25/h1-20,26-29,34,39H,21H2/t26-,27-,28?,29?,34?/m1/s1. The van der Waals surface area contributed by atoms with Crippen LogP contribution < -0.4 is 0 Å². The number of aliphatic hydroxyl groups excluding tert-OH is 1. The predicted octanol–water partition coefficient (Wildman–Crippen LogP) is 4.24. The minimum atomic E-state index is -1.86. The number of ether oxygens (including phenoxy) is 5. The lowest BCUT2D eigenvalue weighted by Crippen LogP contribution is -2.62. The van der Waals surface area contributed by atoms with Crippen molar-refractivity contribution in [3.8, 4) is 0 Å². The second-order valence-corrected chi connectivity index (χ2v) is 9.74. The number of carbonyl (C=O) groups excluding carboxylic acids is 4. The van der Waals surface area contributed by atoms with Crippen molar-refractivity contribution in [3.63, 3.8) is 0 Å². The number of esters is 4. The van der Waals surface area contributed by atoms with E-state index in [1.165, 1.54) is 36.4 Å². The molecule has 0 bridgehead atoms. The number of rotatable bonds is 9. The third kappa shape index (κ3) is 7.35. The molecule has 1 aliphatic heterocycles. The van der Waals surface area contributed by atoms with Crippen LogP contribution in [0.15, 0.2) is 121 Å². The van der Waals surface area contributed by atoms with Crippen LogP contribution in [0.5, 0.6) is 0 Å². The average Bonchev–Trinajstić information content (AvgIpc) is 3.07. The van der Waals surface area contributed by atoms with Gasteiger partial charge in [-0.1, -0.05) is 72.8 Å². The topological polar surface area (TPSA) is 135 Å². The zero-order valence-corrected chi connectivity index (χ0v) is 23.3. The van der Waals surface area contributed by atoms with Gasteiger partial charge in [0.2, 0.25) is 0 Å². The SMILES string of the molecule is O=C(OC[C@H]1OC(O)C(OC(=O)c2ccccc2)C(OC(=O)c2ccccc2)[C@@H]1OC(=O)c1ccccc1)c1ccccc1. The van der Waals surface area contributed by atoms with E-state index >= 15 is 0 Å². The summed E-state index contributed by atoms with van der Waals surface area (Å²) in [6, 6.07) is 32.1. The zero-order valence-electron chi connectivity index (χ0n) is 23.3. The Balaban J connectivity index is 1.48. The molecule has 4 aromatic rings. The van der Waals surface area contributed by atoms with Crippen molar-refractivity contribution in [2.45, 2.75) is 30.7 Å². The van der Waals surface area contributed by atoms with Crippen molar-refractivity contribution in [1.29, 1.82) is 0 Å². The van der Waals surface area contributed by atoms with Crippen molar-refractivity contribution in [1.82, 2.24) is 0 Å². The van der Waals surface area contributed by atoms with Gasteiger partial charge in [0.1, 0.15) is 12.7 Å². The molecule has 0 spiro atoms. The number of hydrogen-bond donors (Lipinski definition) is 1. The highest BCUT2D eigenvalue weighted by Crippen LogP contribution is 2.30. The summed E-state index contributed by atoms with van der Waals surface area (Å²) < 4.78 is 28.4. The third-order valence-electron chi connectivity index (χ3n) is 6.76. The average molecular weight is 597 g/mol. The maximum absolute atomic E-state index is 13.3. The Bertz CT molecular complexity index is 1560. The maximum atomic E-state index is 13.3. The highest BCUT2D eigenvalue weighted by Gasteiger charge is 2.52. The lowest BCUT2D eigenvalue weighted by Gasteiger charge is -2.42. The van der Waals surface area contributed by atoms with Gasteiger partial charge in [0, 0.05) is 0 Å². The van der Waals surface area contributed by atoms with Crippen LogP contribution in [-0.2, 0) is 23.7 Å². The molecule has 1 fully saturated rings. The fourth-order valence-electron chi connectivity index (χ4n) is 4.54. The Morgan fingerprint density at radius 2 is 0.841 bits per heavy atom. The monoisotopic (exact) mass is 596 g/mol. The van der Waals surface area contributed by atoms with Gasteiger partial charge < -0.3 is 28.8 Å². The van der Waals surface area contributed by atoms with Gasteiger partial charge in [-0.3, -0.25) is 0 Å². The van der Waals surface area contributed by atoms with E-state index in [1.807, 2.05) is 0 Å². The number of aliphatic hydroxyl groups is 1. The fourth-order valence-corrected chi connectivity index (χ4v) is 4.54. The predicted molar refractivity (Wildman–Crippen MR) is 155 cm³/mol. The van der Waals surface area contributed by atoms with E-state index in [0.717, 1.165) is 0 Å². The minimum absolute atomic E-state index is 0.154. The summed E-state index contributed by atoms with van der Waals surface area (Å²) in [6.07, 6.45) is -7.89. The molecule has 0 aromatic heterocycles. The summed E-state index contributed by atoms with van der Waals surface area (Å²) >= 11 is 0. The maximum Gasteiger partial charge on any atom is 0.338 e. The van der Waals surface area contributed by atoms with Crippen LogP contribution in [-0.4, -0.2) is 66.3 Å². The van der Waals surface area contributed by atoms with E-state index in [-0.39, 0.29) is 22.3 Å². The molecule has 0 saturated carbocycles. The summed E-state index contributed by atoms with van der Waals surface area (Å²) in [5.74, 6) is -3.21. The molecule has 1 N–H and O–H groups in total. The lowest BCUT2D eigenvalue weighted by molar-refractivity contribution is -0.284. The first-order valence-electron chi connectivity index (χ1n) is 13.7. The normalized spacial score (nSPS) is 21.0. The molecular formula is C34H28O10. The van der Waals surface area contributed by atoms with Gasteiger partial charge in [-0.15, -0.1) is 0 Å². The number of carbonyl (C=O) groups is 4. The van der Waals surface area contributed by atoms with Crippen LogP contribution in [0.1, 0.15) is 41.4 Å². The van der Waals surface area contributed by atoms with E-state index < -0.39 is 61.2 Å². The van der Waals surface area contributed by atoms with Gasteiger partial charge in [-0.25, -0.2) is 19.2 Å². The van der Waals surface area contributed by atoms with Gasteiger partial charge >= 0.3 is 23.9 Å². The molecule has 1 heterocycles. The molecule has 10 heteroatoms. The summed E-state index contributed by atoms with van der Waals surface area (Å²) in [4.78, 5) is 52.3. The number of hydrogen-bond acceptors (Lipinski definition) is 10. The molecule has 224 valence electrons. The summed E-state index contributed by atoms with van der Waals surface area (Å²) in [5, 5.41) is 11.1. The quantitative estimate of drug-likeness (QED) is 0.221. The van der Waals surface area contributed by atoms with E-state index in [4.69, 9.17) is 23.7 Å². The molecule has 0 amide bonds. The molecule has 1 aliphatic rings. The molecule has 10 nitrogen and oxygen atoms in total. The molecule has 1 saturated heterocycles. The van der Waals surface area contributed by atoms with E-state index in [2.05, 4.69) is 0 Å². The van der Waals surface area contributed by atoms with Crippen molar-refractivity contribution < 1.29 is 48.0 Å². The van der Waals surface area contributed by atoms with Gasteiger partial charge in [0.15, 0.2) is 24.6 Å². The van der Waals surface area contributed by atoms with Crippen molar-refractivity contribution >= 4 is 23.9 Å². The second-order valence-electron chi connectivity index (χ2n) is 9.74. The van der Waals surface area contributed by atoms with Crippen molar-refractivity contribution in [2.75, 3.05) is 6.61 Å². The summed E-state index contributed by atoms with van der Waals surface area (Å²) in [6.45, 7) is -0.504. The Morgan fingerprint density at radius 3 is 1.25 bits per heavy atom. The molecule has 0 aliphatic carbocycles. The van der Waals surface area contributed by atoms with E-state index in [1.54, 1.807) is 84.9 Å². The van der Waals surface area contributed by atoms with Crippen molar-refractivity contribution in [2.24, 2.45) is 0 Å². The van der Waals surface area contributed by atoms with E-state index in [9.17, 15) is 24.3 Å². The van der Waals surface area contributed by atoms with Gasteiger partial charge in [0.05, 0.1) is 22.3 Å². The Morgan fingerprint density at radius 1 is 0.500 bits per heavy atom. The lowest BCUT2D eigenvalue weighted by atomic mass is 9.97. The minimum Gasteiger partial charge on any atom is -0.459 e. The first kappa shape index (κ1) is 30.1. The van der Waals surface area contributed by atoms with Crippen LogP contribution in [0, 0.1) is 0 Å². The molecule has 3 unspecified atom stereocenters. The smallest absolute Gasteiger partial charge is 0.338 e. The van der Waals surface area contributed by atoms with Crippen LogP contribution in [0.25, 0.3) is 0 Å². The molecule has 5 atom stereocenters. The molecule has 0 radical (unpaired) electrons. The van der Waals surface area contributed by atoms with Crippen LogP contribution in [0.2, 0.25) is 0 Å². The van der Waals surface area contributed by atoms with Gasteiger partial charge in [0.25, 0.3) is 0 Å². The van der Waals surface area contributed by atoms with E-state index in [0.29, 0.717) is 0 Å². The van der Waals surface area contributed by atoms with Crippen molar-refractivity contribution in [3.05, 3.63) is 144 Å². The Kier molecular flexibility index (Phi) is 9.75. The van der Waals surface area contributed by atoms with Gasteiger partial charge in [-0.2, -0.15) is 0 Å². The first-order valence-corrected chi connectivity index (χ1v) is 13.7. The largest absolute Gasteiger partial charge is 0.459 e.